The molecule has 1 aromatic heterocycles. The standard InChI is InChI=1S/C9H15N3O3/c1-4-5-12-7(6-10-11-12)8(13)9(14-2)15-3/h6,9H,4-5H2,1-3H3. The first-order valence-corrected chi connectivity index (χ1v) is 4.72. The molecule has 0 bridgehead atoms. The Labute approximate surface area is 88.2 Å². The van der Waals surface area contributed by atoms with Gasteiger partial charge in [0.05, 0.1) is 6.20 Å². The second kappa shape index (κ2) is 5.57. The normalized spacial score (nSPS) is 10.9. The molecule has 0 atom stereocenters. The lowest BCUT2D eigenvalue weighted by atomic mass is 10.3. The van der Waals surface area contributed by atoms with E-state index in [1.54, 1.807) is 4.68 Å². The molecule has 0 aliphatic rings. The van der Waals surface area contributed by atoms with Gasteiger partial charge in [0.25, 0.3) is 0 Å². The van der Waals surface area contributed by atoms with Crippen molar-refractivity contribution in [1.29, 1.82) is 0 Å². The van der Waals surface area contributed by atoms with Crippen molar-refractivity contribution in [2.24, 2.45) is 0 Å². The van der Waals surface area contributed by atoms with E-state index in [2.05, 4.69) is 10.3 Å². The molecule has 6 nitrogen and oxygen atoms in total. The number of methoxy groups -OCH3 is 2. The molecule has 1 rings (SSSR count). The van der Waals surface area contributed by atoms with Crippen molar-refractivity contribution in [2.75, 3.05) is 14.2 Å². The summed E-state index contributed by atoms with van der Waals surface area (Å²) in [6.45, 7) is 2.65. The molecule has 1 heterocycles. The van der Waals surface area contributed by atoms with Gasteiger partial charge in [-0.3, -0.25) is 4.79 Å². The highest BCUT2D eigenvalue weighted by molar-refractivity contribution is 5.96. The molecule has 0 saturated carbocycles. The molecule has 0 aliphatic carbocycles. The molecular weight excluding hydrogens is 198 g/mol. The van der Waals surface area contributed by atoms with Gasteiger partial charge in [0.2, 0.25) is 12.1 Å². The number of nitrogens with zero attached hydrogens (tertiary/aromatic N) is 3. The number of hydrogen-bond acceptors (Lipinski definition) is 5. The van der Waals surface area contributed by atoms with E-state index in [0.29, 0.717) is 12.2 Å². The maximum absolute atomic E-state index is 11.8. The number of aromatic nitrogens is 3. The molecule has 0 amide bonds. The van der Waals surface area contributed by atoms with Gasteiger partial charge in [-0.25, -0.2) is 4.68 Å². The molecule has 0 spiro atoms. The Bertz CT molecular complexity index is 320. The predicted octanol–water partition coefficient (Wildman–Crippen LogP) is 0.490. The van der Waals surface area contributed by atoms with Gasteiger partial charge in [0, 0.05) is 20.8 Å². The number of carbonyl (C=O) groups excluding carboxylic acids is 1. The molecule has 0 radical (unpaired) electrons. The van der Waals surface area contributed by atoms with Crippen molar-refractivity contribution in [3.63, 3.8) is 0 Å². The van der Waals surface area contributed by atoms with Crippen LogP contribution in [0.4, 0.5) is 0 Å². The van der Waals surface area contributed by atoms with Gasteiger partial charge in [-0.1, -0.05) is 12.1 Å². The molecule has 0 unspecified atom stereocenters. The minimum Gasteiger partial charge on any atom is -0.349 e. The largest absolute Gasteiger partial charge is 0.349 e. The minimum absolute atomic E-state index is 0.265. The highest BCUT2D eigenvalue weighted by atomic mass is 16.7. The lowest BCUT2D eigenvalue weighted by molar-refractivity contribution is -0.0746. The molecule has 84 valence electrons. The number of rotatable bonds is 6. The molecule has 0 N–H and O–H groups in total. The summed E-state index contributed by atoms with van der Waals surface area (Å²) in [7, 11) is 2.83. The first-order valence-electron chi connectivity index (χ1n) is 4.72. The van der Waals surface area contributed by atoms with Gasteiger partial charge in [-0.2, -0.15) is 0 Å². The third-order valence-electron chi connectivity index (χ3n) is 1.95. The smallest absolute Gasteiger partial charge is 0.238 e. The zero-order valence-corrected chi connectivity index (χ0v) is 9.14. The quantitative estimate of drug-likeness (QED) is 0.508. The summed E-state index contributed by atoms with van der Waals surface area (Å²) >= 11 is 0. The summed E-state index contributed by atoms with van der Waals surface area (Å²) in [6, 6.07) is 0. The van der Waals surface area contributed by atoms with E-state index in [1.165, 1.54) is 20.4 Å². The summed E-state index contributed by atoms with van der Waals surface area (Å²) in [6.07, 6.45) is 1.41. The first-order chi connectivity index (χ1) is 7.24. The van der Waals surface area contributed by atoms with E-state index in [4.69, 9.17) is 9.47 Å². The Balaban J connectivity index is 2.84. The Hall–Kier alpha value is -1.27. The van der Waals surface area contributed by atoms with Crippen molar-refractivity contribution in [2.45, 2.75) is 26.2 Å². The molecule has 15 heavy (non-hydrogen) atoms. The number of carbonyl (C=O) groups is 1. The van der Waals surface area contributed by atoms with Crippen molar-refractivity contribution in [3.8, 4) is 0 Å². The van der Waals surface area contributed by atoms with Crippen molar-refractivity contribution in [3.05, 3.63) is 11.9 Å². The topological polar surface area (TPSA) is 66.2 Å². The van der Waals surface area contributed by atoms with Crippen LogP contribution in [0.25, 0.3) is 0 Å². The first kappa shape index (κ1) is 11.8. The molecule has 0 aromatic carbocycles. The highest BCUT2D eigenvalue weighted by Gasteiger charge is 2.22. The van der Waals surface area contributed by atoms with Crippen LogP contribution in [0, 0.1) is 0 Å². The molecule has 1 aromatic rings. The van der Waals surface area contributed by atoms with Gasteiger partial charge >= 0.3 is 0 Å². The second-order valence-electron chi connectivity index (χ2n) is 3.01. The van der Waals surface area contributed by atoms with Crippen LogP contribution in [0.15, 0.2) is 6.20 Å². The fourth-order valence-electron chi connectivity index (χ4n) is 1.26. The molecule has 0 fully saturated rings. The number of hydrogen-bond donors (Lipinski definition) is 0. The second-order valence-corrected chi connectivity index (χ2v) is 3.01. The Morgan fingerprint density at radius 2 is 2.20 bits per heavy atom. The van der Waals surface area contributed by atoms with Gasteiger partial charge in [-0.15, -0.1) is 5.10 Å². The SMILES string of the molecule is CCCn1nncc1C(=O)C(OC)OC. The van der Waals surface area contributed by atoms with Crippen LogP contribution in [0.2, 0.25) is 0 Å². The van der Waals surface area contributed by atoms with Crippen LogP contribution in [0.1, 0.15) is 23.8 Å². The van der Waals surface area contributed by atoms with Gasteiger partial charge in [0.15, 0.2) is 0 Å². The fourth-order valence-corrected chi connectivity index (χ4v) is 1.26. The van der Waals surface area contributed by atoms with Crippen LogP contribution in [0.5, 0.6) is 0 Å². The highest BCUT2D eigenvalue weighted by Crippen LogP contribution is 2.05. The van der Waals surface area contributed by atoms with E-state index in [9.17, 15) is 4.79 Å². The zero-order valence-electron chi connectivity index (χ0n) is 9.14. The van der Waals surface area contributed by atoms with E-state index in [0.717, 1.165) is 6.42 Å². The summed E-state index contributed by atoms with van der Waals surface area (Å²) in [4.78, 5) is 11.8. The number of ketones is 1. The lowest BCUT2D eigenvalue weighted by Crippen LogP contribution is -2.27. The third-order valence-corrected chi connectivity index (χ3v) is 1.95. The third kappa shape index (κ3) is 2.60. The predicted molar refractivity (Wildman–Crippen MR) is 52.4 cm³/mol. The van der Waals surface area contributed by atoms with Crippen LogP contribution >= 0.6 is 0 Å². The van der Waals surface area contributed by atoms with Crippen molar-refractivity contribution < 1.29 is 14.3 Å². The van der Waals surface area contributed by atoms with Gasteiger partial charge < -0.3 is 9.47 Å². The Kier molecular flexibility index (Phi) is 4.38. The van der Waals surface area contributed by atoms with E-state index < -0.39 is 6.29 Å². The fraction of sp³-hybridized carbons (Fsp3) is 0.667. The Morgan fingerprint density at radius 1 is 1.53 bits per heavy atom. The number of Topliss-reactive ketones (excluding diaryl/α,β-unsaturated/α-hetero) is 1. The minimum atomic E-state index is -0.890. The van der Waals surface area contributed by atoms with Crippen LogP contribution in [0.3, 0.4) is 0 Å². The summed E-state index contributed by atoms with van der Waals surface area (Å²) in [5.74, 6) is -0.265. The van der Waals surface area contributed by atoms with Crippen LogP contribution < -0.4 is 0 Å². The molecule has 0 saturated heterocycles. The van der Waals surface area contributed by atoms with Gasteiger partial charge in [0.1, 0.15) is 5.69 Å². The summed E-state index contributed by atoms with van der Waals surface area (Å²) in [5.41, 5.74) is 0.408. The van der Waals surface area contributed by atoms with Crippen LogP contribution in [-0.4, -0.2) is 41.3 Å². The molecular formula is C9H15N3O3. The monoisotopic (exact) mass is 213 g/mol. The van der Waals surface area contributed by atoms with E-state index in [1.807, 2.05) is 6.92 Å². The maximum Gasteiger partial charge on any atom is 0.238 e. The molecule has 0 aliphatic heterocycles. The average molecular weight is 213 g/mol. The van der Waals surface area contributed by atoms with E-state index in [-0.39, 0.29) is 5.78 Å². The van der Waals surface area contributed by atoms with Crippen molar-refractivity contribution in [1.82, 2.24) is 15.0 Å². The summed E-state index contributed by atoms with van der Waals surface area (Å²) in [5, 5.41) is 7.51. The number of aryl methyl sites for hydroxylation is 1. The zero-order chi connectivity index (χ0) is 11.3. The average Bonchev–Trinajstić information content (AvgIpc) is 2.68. The summed E-state index contributed by atoms with van der Waals surface area (Å²) < 4.78 is 11.3. The van der Waals surface area contributed by atoms with Crippen LogP contribution in [-0.2, 0) is 16.0 Å². The maximum atomic E-state index is 11.8. The number of ether oxygens (including phenoxy) is 2. The van der Waals surface area contributed by atoms with Crippen molar-refractivity contribution >= 4 is 5.78 Å². The van der Waals surface area contributed by atoms with Gasteiger partial charge in [-0.05, 0) is 6.42 Å². The van der Waals surface area contributed by atoms with E-state index >= 15 is 0 Å². The lowest BCUT2D eigenvalue weighted by Gasteiger charge is -2.11. The Morgan fingerprint density at radius 3 is 2.73 bits per heavy atom. The molecule has 6 heteroatoms.